The maximum Gasteiger partial charge on any atom is 0.235 e. The van der Waals surface area contributed by atoms with Crippen LogP contribution in [-0.4, -0.2) is 19.1 Å². The molecule has 0 atom stereocenters. The van der Waals surface area contributed by atoms with Gasteiger partial charge in [0.15, 0.2) is 0 Å². The van der Waals surface area contributed by atoms with Crippen molar-refractivity contribution in [3.8, 4) is 34.0 Å². The number of aromatic nitrogens is 4. The minimum absolute atomic E-state index is 0.653. The van der Waals surface area contributed by atoms with Crippen LogP contribution < -0.4 is 0 Å². The summed E-state index contributed by atoms with van der Waals surface area (Å²) in [6, 6.07) is 67.7. The quantitative estimate of drug-likeness (QED) is 0.170. The van der Waals surface area contributed by atoms with Crippen LogP contribution in [0.4, 0.5) is 0 Å². The molecule has 56 heavy (non-hydrogen) atoms. The van der Waals surface area contributed by atoms with Gasteiger partial charge in [0, 0.05) is 39.0 Å². The summed E-state index contributed by atoms with van der Waals surface area (Å²) in [5.74, 6) is 0.653. The molecule has 0 bridgehead atoms. The first-order valence-electron chi connectivity index (χ1n) is 19.1. The van der Waals surface area contributed by atoms with Crippen LogP contribution in [0.3, 0.4) is 0 Å². The zero-order chi connectivity index (χ0) is 36.7. The molecule has 0 saturated carbocycles. The van der Waals surface area contributed by atoms with E-state index in [-0.39, 0.29) is 0 Å². The molecule has 0 fully saturated rings. The monoisotopic (exact) mass is 712 g/mol. The molecule has 3 aromatic heterocycles. The van der Waals surface area contributed by atoms with Crippen LogP contribution in [0.25, 0.3) is 110 Å². The van der Waals surface area contributed by atoms with Gasteiger partial charge in [-0.3, -0.25) is 4.57 Å². The molecule has 12 rings (SSSR count). The molecule has 0 radical (unpaired) electrons. The number of hydrogen-bond acceptors (Lipinski definition) is 2. The van der Waals surface area contributed by atoms with Gasteiger partial charge in [-0.25, -0.2) is 9.97 Å². The molecule has 0 spiro atoms. The molecule has 0 N–H and O–H groups in total. The molecule has 9 aromatic carbocycles. The van der Waals surface area contributed by atoms with E-state index in [4.69, 9.17) is 9.97 Å². The normalized spacial score (nSPS) is 11.9. The van der Waals surface area contributed by atoms with E-state index in [9.17, 15) is 0 Å². The van der Waals surface area contributed by atoms with Crippen molar-refractivity contribution in [2.24, 2.45) is 0 Å². The molecule has 12 aromatic rings. The highest BCUT2D eigenvalue weighted by Crippen LogP contribution is 2.39. The number of fused-ring (bicyclic) bond motifs is 12. The Labute approximate surface area is 322 Å². The zero-order valence-corrected chi connectivity index (χ0v) is 30.3. The van der Waals surface area contributed by atoms with Crippen LogP contribution in [0, 0.1) is 0 Å². The second kappa shape index (κ2) is 12.0. The van der Waals surface area contributed by atoms with Crippen molar-refractivity contribution in [3.05, 3.63) is 194 Å². The Morgan fingerprint density at radius 1 is 0.304 bits per heavy atom. The first-order chi connectivity index (χ1) is 27.8. The molecule has 0 aliphatic carbocycles. The van der Waals surface area contributed by atoms with Crippen LogP contribution in [-0.2, 0) is 0 Å². The van der Waals surface area contributed by atoms with E-state index < -0.39 is 0 Å². The fourth-order valence-corrected chi connectivity index (χ4v) is 9.06. The van der Waals surface area contributed by atoms with Crippen LogP contribution in [0.5, 0.6) is 0 Å². The summed E-state index contributed by atoms with van der Waals surface area (Å²) < 4.78 is 4.57. The highest BCUT2D eigenvalue weighted by atomic mass is 15.2. The second-order valence-corrected chi connectivity index (χ2v) is 14.6. The Bertz CT molecular complexity index is 3500. The Hall–Kier alpha value is -7.56. The maximum absolute atomic E-state index is 5.26. The van der Waals surface area contributed by atoms with Gasteiger partial charge in [0.05, 0.1) is 27.8 Å². The molecule has 260 valence electrons. The standard InChI is InChI=1S/C52H32N4/c1-2-12-36(13-3-1)55-48-20-10-8-18-42(48)45-30-33(23-26-50(45)55)34-24-27-51-46(31-34)43-19-9-11-21-49(43)56(51)52-53-29-28-47(54-52)35-22-25-41-39-16-5-4-14-37(39)38-15-6-7-17-40(38)44(41)32-35/h1-32H. The van der Waals surface area contributed by atoms with E-state index in [1.165, 1.54) is 76.0 Å². The van der Waals surface area contributed by atoms with Crippen molar-refractivity contribution >= 4 is 75.9 Å². The van der Waals surface area contributed by atoms with Gasteiger partial charge in [0.1, 0.15) is 0 Å². The van der Waals surface area contributed by atoms with E-state index in [0.29, 0.717) is 5.95 Å². The largest absolute Gasteiger partial charge is 0.309 e. The molecule has 0 aliphatic rings. The molecule has 4 nitrogen and oxygen atoms in total. The van der Waals surface area contributed by atoms with Gasteiger partial charge in [-0.05, 0) is 104 Å². The number of nitrogens with zero attached hydrogens (tertiary/aromatic N) is 4. The lowest BCUT2D eigenvalue weighted by molar-refractivity contribution is 0.992. The first kappa shape index (κ1) is 30.9. The summed E-state index contributed by atoms with van der Waals surface area (Å²) in [6.45, 7) is 0. The van der Waals surface area contributed by atoms with Gasteiger partial charge < -0.3 is 4.57 Å². The van der Waals surface area contributed by atoms with Gasteiger partial charge in [0.25, 0.3) is 0 Å². The fraction of sp³-hybridized carbons (Fsp3) is 0. The minimum atomic E-state index is 0.653. The van der Waals surface area contributed by atoms with E-state index in [1.54, 1.807) is 0 Å². The number of rotatable bonds is 4. The molecule has 0 saturated heterocycles. The lowest BCUT2D eigenvalue weighted by Crippen LogP contribution is -2.01. The Kier molecular flexibility index (Phi) is 6.60. The topological polar surface area (TPSA) is 35.6 Å². The van der Waals surface area contributed by atoms with Crippen molar-refractivity contribution in [1.82, 2.24) is 19.1 Å². The third-order valence-electron chi connectivity index (χ3n) is 11.6. The molecule has 0 aliphatic heterocycles. The second-order valence-electron chi connectivity index (χ2n) is 14.6. The first-order valence-corrected chi connectivity index (χ1v) is 19.1. The Morgan fingerprint density at radius 3 is 1.38 bits per heavy atom. The average molecular weight is 713 g/mol. The molecule has 3 heterocycles. The SMILES string of the molecule is c1ccc(-n2c3ccccc3c3cc(-c4ccc5c(c4)c4ccccc4n5-c4nccc(-c5ccc6c7ccccc7c7ccccc7c6c5)n4)ccc32)cc1. The lowest BCUT2D eigenvalue weighted by atomic mass is 9.93. The molecule has 0 unspecified atom stereocenters. The summed E-state index contributed by atoms with van der Waals surface area (Å²) in [6.07, 6.45) is 1.89. The number of benzene rings is 9. The van der Waals surface area contributed by atoms with Crippen molar-refractivity contribution < 1.29 is 0 Å². The van der Waals surface area contributed by atoms with Crippen molar-refractivity contribution in [2.45, 2.75) is 0 Å². The van der Waals surface area contributed by atoms with Gasteiger partial charge in [-0.1, -0.05) is 127 Å². The third kappa shape index (κ3) is 4.53. The van der Waals surface area contributed by atoms with Gasteiger partial charge >= 0.3 is 0 Å². The molecular formula is C52H32N4. The molecule has 4 heteroatoms. The smallest absolute Gasteiger partial charge is 0.235 e. The average Bonchev–Trinajstić information content (AvgIpc) is 3.79. The van der Waals surface area contributed by atoms with Crippen molar-refractivity contribution in [1.29, 1.82) is 0 Å². The van der Waals surface area contributed by atoms with Gasteiger partial charge in [-0.2, -0.15) is 0 Å². The minimum Gasteiger partial charge on any atom is -0.309 e. The number of hydrogen-bond donors (Lipinski definition) is 0. The van der Waals surface area contributed by atoms with Crippen LogP contribution in [0.1, 0.15) is 0 Å². The Balaban J connectivity index is 1.00. The van der Waals surface area contributed by atoms with Crippen LogP contribution in [0.2, 0.25) is 0 Å². The van der Waals surface area contributed by atoms with Gasteiger partial charge in [-0.15, -0.1) is 0 Å². The van der Waals surface area contributed by atoms with E-state index in [2.05, 4.69) is 191 Å². The predicted molar refractivity (Wildman–Crippen MR) is 234 cm³/mol. The summed E-state index contributed by atoms with van der Waals surface area (Å²) in [7, 11) is 0. The Morgan fingerprint density at radius 2 is 0.750 bits per heavy atom. The lowest BCUT2D eigenvalue weighted by Gasteiger charge is -2.12. The maximum atomic E-state index is 5.26. The highest BCUT2D eigenvalue weighted by Gasteiger charge is 2.18. The van der Waals surface area contributed by atoms with Gasteiger partial charge in [0.2, 0.25) is 5.95 Å². The predicted octanol–water partition coefficient (Wildman–Crippen LogP) is 13.5. The van der Waals surface area contributed by atoms with E-state index in [1.807, 2.05) is 12.3 Å². The zero-order valence-electron chi connectivity index (χ0n) is 30.3. The van der Waals surface area contributed by atoms with Crippen molar-refractivity contribution in [2.75, 3.05) is 0 Å². The summed E-state index contributed by atoms with van der Waals surface area (Å²) in [5.41, 5.74) is 10.0. The molecular weight excluding hydrogens is 681 g/mol. The summed E-state index contributed by atoms with van der Waals surface area (Å²) >= 11 is 0. The van der Waals surface area contributed by atoms with E-state index >= 15 is 0 Å². The van der Waals surface area contributed by atoms with Crippen LogP contribution >= 0.6 is 0 Å². The van der Waals surface area contributed by atoms with E-state index in [0.717, 1.165) is 28.0 Å². The highest BCUT2D eigenvalue weighted by molar-refractivity contribution is 6.25. The summed E-state index contributed by atoms with van der Waals surface area (Å²) in [4.78, 5) is 10.1. The fourth-order valence-electron chi connectivity index (χ4n) is 9.06. The third-order valence-corrected chi connectivity index (χ3v) is 11.6. The van der Waals surface area contributed by atoms with Crippen LogP contribution in [0.15, 0.2) is 194 Å². The van der Waals surface area contributed by atoms with Crippen molar-refractivity contribution in [3.63, 3.8) is 0 Å². The molecule has 0 amide bonds. The summed E-state index contributed by atoms with van der Waals surface area (Å²) in [5, 5.41) is 12.3. The number of para-hydroxylation sites is 3.